The van der Waals surface area contributed by atoms with Crippen molar-refractivity contribution in [2.24, 2.45) is 17.8 Å². The van der Waals surface area contributed by atoms with Gasteiger partial charge in [0.25, 0.3) is 0 Å². The Hall–Kier alpha value is -1.03. The van der Waals surface area contributed by atoms with Gasteiger partial charge >= 0.3 is 0 Å². The third-order valence-electron chi connectivity index (χ3n) is 4.18. The van der Waals surface area contributed by atoms with Crippen molar-refractivity contribution in [2.45, 2.75) is 25.4 Å². The molecule has 0 heterocycles. The summed E-state index contributed by atoms with van der Waals surface area (Å²) in [5.74, 6) is -2.17. The number of benzene rings is 1. The van der Waals surface area contributed by atoms with Crippen LogP contribution < -0.4 is 0 Å². The molecule has 17 heavy (non-hydrogen) atoms. The van der Waals surface area contributed by atoms with Crippen LogP contribution in [0.4, 0.5) is 13.2 Å². The average Bonchev–Trinajstić information content (AvgIpc) is 2.71. The summed E-state index contributed by atoms with van der Waals surface area (Å²) in [6.07, 6.45) is 2.05. The predicted octanol–water partition coefficient (Wildman–Crippen LogP) is 3.18. The molecule has 2 saturated carbocycles. The lowest BCUT2D eigenvalue weighted by Crippen LogP contribution is -2.10. The number of halogens is 3. The molecule has 3 unspecified atom stereocenters. The van der Waals surface area contributed by atoms with Crippen LogP contribution in [0.3, 0.4) is 0 Å². The number of hydrogen-bond acceptors (Lipinski definition) is 1. The zero-order chi connectivity index (χ0) is 12.2. The van der Waals surface area contributed by atoms with Crippen molar-refractivity contribution in [3.05, 3.63) is 35.1 Å². The number of rotatable bonds is 2. The van der Waals surface area contributed by atoms with Gasteiger partial charge in [0.1, 0.15) is 17.5 Å². The summed E-state index contributed by atoms with van der Waals surface area (Å²) in [5, 5.41) is 10.0. The van der Waals surface area contributed by atoms with Crippen LogP contribution in [0.2, 0.25) is 0 Å². The third kappa shape index (κ3) is 1.66. The van der Waals surface area contributed by atoms with E-state index in [0.29, 0.717) is 24.0 Å². The molecule has 2 aliphatic carbocycles. The van der Waals surface area contributed by atoms with Crippen LogP contribution in [0.25, 0.3) is 0 Å². The van der Waals surface area contributed by atoms with E-state index in [9.17, 15) is 18.3 Å². The van der Waals surface area contributed by atoms with Crippen LogP contribution in [0.15, 0.2) is 12.1 Å². The van der Waals surface area contributed by atoms with E-state index in [0.717, 1.165) is 19.3 Å². The van der Waals surface area contributed by atoms with Gasteiger partial charge in [0, 0.05) is 12.1 Å². The van der Waals surface area contributed by atoms with Gasteiger partial charge in [-0.05, 0) is 30.6 Å². The summed E-state index contributed by atoms with van der Waals surface area (Å²) < 4.78 is 39.7. The first-order valence-corrected chi connectivity index (χ1v) is 5.92. The zero-order valence-corrected chi connectivity index (χ0v) is 9.17. The normalized spacial score (nSPS) is 32.4. The fourth-order valence-corrected chi connectivity index (χ4v) is 3.37. The molecule has 0 aliphatic heterocycles. The Morgan fingerprint density at radius 1 is 1.06 bits per heavy atom. The minimum absolute atomic E-state index is 0.0433. The number of fused-ring (bicyclic) bond motifs is 1. The van der Waals surface area contributed by atoms with E-state index in [1.807, 2.05) is 0 Å². The van der Waals surface area contributed by atoms with Gasteiger partial charge in [0.15, 0.2) is 0 Å². The lowest BCUT2D eigenvalue weighted by Gasteiger charge is -2.14. The molecule has 4 heteroatoms. The molecule has 1 aromatic rings. The van der Waals surface area contributed by atoms with Crippen LogP contribution in [0, 0.1) is 35.2 Å². The van der Waals surface area contributed by atoms with Gasteiger partial charge in [-0.3, -0.25) is 0 Å². The highest BCUT2D eigenvalue weighted by Crippen LogP contribution is 2.62. The Kier molecular flexibility index (Phi) is 2.43. The largest absolute Gasteiger partial charge is 0.388 e. The number of hydrogen-bond donors (Lipinski definition) is 1. The summed E-state index contributed by atoms with van der Waals surface area (Å²) in [7, 11) is 0. The molecule has 0 saturated heterocycles. The van der Waals surface area contributed by atoms with Gasteiger partial charge in [-0.15, -0.1) is 0 Å². The van der Waals surface area contributed by atoms with Crippen molar-refractivity contribution in [3.8, 4) is 0 Å². The van der Waals surface area contributed by atoms with Gasteiger partial charge in [0.05, 0.1) is 11.7 Å². The molecule has 0 radical (unpaired) electrons. The highest BCUT2D eigenvalue weighted by molar-refractivity contribution is 5.26. The molecular formula is C13H13F3O. The van der Waals surface area contributed by atoms with Crippen LogP contribution in [0.5, 0.6) is 0 Å². The maximum Gasteiger partial charge on any atom is 0.134 e. The van der Waals surface area contributed by atoms with Gasteiger partial charge in [-0.1, -0.05) is 6.42 Å². The third-order valence-corrected chi connectivity index (χ3v) is 4.18. The molecule has 0 aromatic heterocycles. The van der Waals surface area contributed by atoms with Gasteiger partial charge < -0.3 is 5.11 Å². The molecule has 0 amide bonds. The molecule has 2 aliphatic rings. The average molecular weight is 242 g/mol. The van der Waals surface area contributed by atoms with Crippen LogP contribution >= 0.6 is 0 Å². The van der Waals surface area contributed by atoms with Crippen LogP contribution in [-0.4, -0.2) is 5.11 Å². The lowest BCUT2D eigenvalue weighted by atomic mass is 9.98. The smallest absolute Gasteiger partial charge is 0.134 e. The van der Waals surface area contributed by atoms with E-state index in [-0.39, 0.29) is 11.5 Å². The monoisotopic (exact) mass is 242 g/mol. The molecule has 1 nitrogen and oxygen atoms in total. The lowest BCUT2D eigenvalue weighted by molar-refractivity contribution is 0.128. The summed E-state index contributed by atoms with van der Waals surface area (Å²) in [6.45, 7) is 0. The minimum atomic E-state index is -1.13. The molecule has 92 valence electrons. The molecule has 0 bridgehead atoms. The van der Waals surface area contributed by atoms with Crippen molar-refractivity contribution < 1.29 is 18.3 Å². The van der Waals surface area contributed by atoms with Crippen LogP contribution in [-0.2, 0) is 0 Å². The quantitative estimate of drug-likeness (QED) is 0.844. The fraction of sp³-hybridized carbons (Fsp3) is 0.538. The summed E-state index contributed by atoms with van der Waals surface area (Å²) in [4.78, 5) is 0. The standard InChI is InChI=1S/C13H13F3O/c14-6-4-9(15)12(10(16)5-6)13(17)11-7-2-1-3-8(7)11/h4-5,7-8,11,13,17H,1-3H2. The molecule has 1 aromatic carbocycles. The molecule has 2 fully saturated rings. The minimum Gasteiger partial charge on any atom is -0.388 e. The van der Waals surface area contributed by atoms with Crippen molar-refractivity contribution in [2.75, 3.05) is 0 Å². The Balaban J connectivity index is 1.89. The topological polar surface area (TPSA) is 20.2 Å². The van der Waals surface area contributed by atoms with Gasteiger partial charge in [-0.2, -0.15) is 0 Å². The van der Waals surface area contributed by atoms with Gasteiger partial charge in [-0.25, -0.2) is 13.2 Å². The van der Waals surface area contributed by atoms with Crippen molar-refractivity contribution in [1.82, 2.24) is 0 Å². The van der Waals surface area contributed by atoms with Crippen molar-refractivity contribution in [3.63, 3.8) is 0 Å². The van der Waals surface area contributed by atoms with Gasteiger partial charge in [0.2, 0.25) is 0 Å². The molecule has 3 atom stereocenters. The Morgan fingerprint density at radius 2 is 1.59 bits per heavy atom. The highest BCUT2D eigenvalue weighted by Gasteiger charge is 2.56. The number of aliphatic hydroxyl groups excluding tert-OH is 1. The Morgan fingerprint density at radius 3 is 2.12 bits per heavy atom. The molecule has 0 spiro atoms. The maximum absolute atomic E-state index is 13.5. The Bertz CT molecular complexity index is 427. The van der Waals surface area contributed by atoms with E-state index in [4.69, 9.17) is 0 Å². The Labute approximate surface area is 97.3 Å². The zero-order valence-electron chi connectivity index (χ0n) is 9.17. The summed E-state index contributed by atoms with van der Waals surface area (Å²) >= 11 is 0. The molecular weight excluding hydrogens is 229 g/mol. The first-order valence-electron chi connectivity index (χ1n) is 5.92. The maximum atomic E-state index is 13.5. The molecule has 1 N–H and O–H groups in total. The second-order valence-electron chi connectivity index (χ2n) is 5.06. The van der Waals surface area contributed by atoms with Crippen molar-refractivity contribution in [1.29, 1.82) is 0 Å². The van der Waals surface area contributed by atoms with E-state index in [1.54, 1.807) is 0 Å². The fourth-order valence-electron chi connectivity index (χ4n) is 3.37. The van der Waals surface area contributed by atoms with E-state index in [1.165, 1.54) is 0 Å². The number of aliphatic hydroxyl groups is 1. The summed E-state index contributed by atoms with van der Waals surface area (Å²) in [5.41, 5.74) is -0.370. The van der Waals surface area contributed by atoms with E-state index < -0.39 is 23.6 Å². The first-order chi connectivity index (χ1) is 8.09. The predicted molar refractivity (Wildman–Crippen MR) is 55.6 cm³/mol. The van der Waals surface area contributed by atoms with Crippen LogP contribution in [0.1, 0.15) is 30.9 Å². The second kappa shape index (κ2) is 3.73. The SMILES string of the molecule is OC(c1c(F)cc(F)cc1F)C1C2CCCC21. The first kappa shape index (κ1) is 11.1. The van der Waals surface area contributed by atoms with Crippen molar-refractivity contribution >= 4 is 0 Å². The highest BCUT2D eigenvalue weighted by atomic mass is 19.1. The molecule has 3 rings (SSSR count). The van der Waals surface area contributed by atoms with E-state index >= 15 is 0 Å². The summed E-state index contributed by atoms with van der Waals surface area (Å²) in [6, 6.07) is 1.25. The van der Waals surface area contributed by atoms with E-state index in [2.05, 4.69) is 0 Å². The second-order valence-corrected chi connectivity index (χ2v) is 5.06.